The molecule has 28 heavy (non-hydrogen) atoms. The molecule has 1 saturated heterocycles. The molecule has 2 aromatic rings. The molecule has 0 spiro atoms. The third kappa shape index (κ3) is 5.57. The van der Waals surface area contributed by atoms with E-state index in [0.29, 0.717) is 49.9 Å². The number of rotatable bonds is 7. The first-order chi connectivity index (χ1) is 13.2. The minimum Gasteiger partial charge on any atom is -0.352 e. The molecule has 0 radical (unpaired) electrons. The molecule has 3 N–H and O–H groups in total. The van der Waals surface area contributed by atoms with Gasteiger partial charge >= 0.3 is 0 Å². The summed E-state index contributed by atoms with van der Waals surface area (Å²) in [4.78, 5) is 26.5. The Morgan fingerprint density at radius 1 is 1.00 bits per heavy atom. The standard InChI is InChI=1S/C22H27N3O2.ClH/c23-14-19-15-25(16-20(19)17-8-3-1-4-9-17)21(26)12-7-13-24-22(27)18-10-5-2-6-11-18;/h1-6,8-11,19-20H,7,12-16,23H2,(H,24,27);1H/t19-,20+;/m1./s1. The number of hydrogen-bond acceptors (Lipinski definition) is 3. The maximum atomic E-state index is 12.6. The lowest BCUT2D eigenvalue weighted by Gasteiger charge is -2.17. The van der Waals surface area contributed by atoms with Gasteiger partial charge in [0.15, 0.2) is 0 Å². The molecule has 2 aromatic carbocycles. The van der Waals surface area contributed by atoms with Crippen molar-refractivity contribution in [1.82, 2.24) is 10.2 Å². The molecular weight excluding hydrogens is 374 g/mol. The third-order valence-electron chi connectivity index (χ3n) is 5.21. The van der Waals surface area contributed by atoms with E-state index in [1.807, 2.05) is 41.3 Å². The lowest BCUT2D eigenvalue weighted by Crippen LogP contribution is -2.31. The van der Waals surface area contributed by atoms with Gasteiger partial charge in [0.2, 0.25) is 5.91 Å². The minimum absolute atomic E-state index is 0. The van der Waals surface area contributed by atoms with Gasteiger partial charge in [-0.05, 0) is 36.6 Å². The number of nitrogens with zero attached hydrogens (tertiary/aromatic N) is 1. The summed E-state index contributed by atoms with van der Waals surface area (Å²) in [5.74, 6) is 0.643. The monoisotopic (exact) mass is 401 g/mol. The van der Waals surface area contributed by atoms with Gasteiger partial charge in [-0.2, -0.15) is 0 Å². The van der Waals surface area contributed by atoms with Crippen LogP contribution in [0.3, 0.4) is 0 Å². The second-order valence-electron chi connectivity index (χ2n) is 7.04. The van der Waals surface area contributed by atoms with E-state index < -0.39 is 0 Å². The summed E-state index contributed by atoms with van der Waals surface area (Å²) >= 11 is 0. The van der Waals surface area contributed by atoms with E-state index in [4.69, 9.17) is 5.73 Å². The largest absolute Gasteiger partial charge is 0.352 e. The summed E-state index contributed by atoms with van der Waals surface area (Å²) in [5, 5.41) is 2.87. The lowest BCUT2D eigenvalue weighted by molar-refractivity contribution is -0.130. The van der Waals surface area contributed by atoms with Crippen molar-refractivity contribution in [2.75, 3.05) is 26.2 Å². The van der Waals surface area contributed by atoms with Crippen molar-refractivity contribution in [2.24, 2.45) is 11.7 Å². The molecule has 5 nitrogen and oxygen atoms in total. The van der Waals surface area contributed by atoms with E-state index in [-0.39, 0.29) is 24.2 Å². The van der Waals surface area contributed by atoms with Crippen LogP contribution in [0.5, 0.6) is 0 Å². The van der Waals surface area contributed by atoms with Gasteiger partial charge in [-0.1, -0.05) is 48.5 Å². The van der Waals surface area contributed by atoms with E-state index in [1.165, 1.54) is 5.56 Å². The molecule has 0 unspecified atom stereocenters. The predicted octanol–water partition coefficient (Wildman–Crippen LogP) is 2.82. The zero-order valence-electron chi connectivity index (χ0n) is 15.9. The van der Waals surface area contributed by atoms with Crippen LogP contribution >= 0.6 is 12.4 Å². The highest BCUT2D eigenvalue weighted by molar-refractivity contribution is 5.94. The Kier molecular flexibility index (Phi) is 8.48. The normalized spacial score (nSPS) is 18.4. The average Bonchev–Trinajstić information content (AvgIpc) is 3.17. The van der Waals surface area contributed by atoms with Crippen molar-refractivity contribution in [1.29, 1.82) is 0 Å². The molecule has 1 aliphatic heterocycles. The van der Waals surface area contributed by atoms with Crippen molar-refractivity contribution in [2.45, 2.75) is 18.8 Å². The van der Waals surface area contributed by atoms with E-state index in [1.54, 1.807) is 12.1 Å². The van der Waals surface area contributed by atoms with Crippen LogP contribution < -0.4 is 11.1 Å². The van der Waals surface area contributed by atoms with Gasteiger partial charge in [-0.25, -0.2) is 0 Å². The maximum absolute atomic E-state index is 12.6. The number of nitrogens with two attached hydrogens (primary N) is 1. The number of likely N-dealkylation sites (tertiary alicyclic amines) is 1. The first-order valence-electron chi connectivity index (χ1n) is 9.55. The van der Waals surface area contributed by atoms with Gasteiger partial charge in [-0.15, -0.1) is 12.4 Å². The number of amides is 2. The van der Waals surface area contributed by atoms with Crippen LogP contribution in [-0.4, -0.2) is 42.9 Å². The van der Waals surface area contributed by atoms with Gasteiger partial charge in [0, 0.05) is 37.5 Å². The highest BCUT2D eigenvalue weighted by Gasteiger charge is 2.34. The van der Waals surface area contributed by atoms with Gasteiger partial charge < -0.3 is 16.0 Å². The van der Waals surface area contributed by atoms with Gasteiger partial charge in [0.25, 0.3) is 5.91 Å². The van der Waals surface area contributed by atoms with E-state index in [2.05, 4.69) is 17.4 Å². The highest BCUT2D eigenvalue weighted by atomic mass is 35.5. The van der Waals surface area contributed by atoms with Crippen LogP contribution in [0.2, 0.25) is 0 Å². The van der Waals surface area contributed by atoms with Crippen LogP contribution in [0.1, 0.15) is 34.7 Å². The zero-order chi connectivity index (χ0) is 19.1. The molecule has 2 amide bonds. The van der Waals surface area contributed by atoms with E-state index >= 15 is 0 Å². The number of nitrogens with one attached hydrogen (secondary N) is 1. The molecular formula is C22H28ClN3O2. The van der Waals surface area contributed by atoms with Gasteiger partial charge in [0.1, 0.15) is 0 Å². The fourth-order valence-corrected chi connectivity index (χ4v) is 3.68. The summed E-state index contributed by atoms with van der Waals surface area (Å²) in [6.45, 7) is 2.51. The van der Waals surface area contributed by atoms with E-state index in [9.17, 15) is 9.59 Å². The van der Waals surface area contributed by atoms with Crippen molar-refractivity contribution in [3.05, 3.63) is 71.8 Å². The third-order valence-corrected chi connectivity index (χ3v) is 5.21. The predicted molar refractivity (Wildman–Crippen MR) is 114 cm³/mol. The highest BCUT2D eigenvalue weighted by Crippen LogP contribution is 2.32. The number of halogens is 1. The summed E-state index contributed by atoms with van der Waals surface area (Å²) < 4.78 is 0. The number of benzene rings is 2. The van der Waals surface area contributed by atoms with Crippen LogP contribution in [-0.2, 0) is 4.79 Å². The first kappa shape index (κ1) is 21.9. The maximum Gasteiger partial charge on any atom is 0.251 e. The quantitative estimate of drug-likeness (QED) is 0.700. The smallest absolute Gasteiger partial charge is 0.251 e. The Bertz CT molecular complexity index is 755. The molecule has 3 rings (SSSR count). The molecule has 1 aliphatic rings. The number of hydrogen-bond donors (Lipinski definition) is 2. The number of carbonyl (C=O) groups is 2. The summed E-state index contributed by atoms with van der Waals surface area (Å²) in [6.07, 6.45) is 1.07. The molecule has 0 aromatic heterocycles. The van der Waals surface area contributed by atoms with Gasteiger partial charge in [-0.3, -0.25) is 9.59 Å². The van der Waals surface area contributed by atoms with Crippen molar-refractivity contribution in [3.63, 3.8) is 0 Å². The van der Waals surface area contributed by atoms with Crippen molar-refractivity contribution < 1.29 is 9.59 Å². The molecule has 6 heteroatoms. The van der Waals surface area contributed by atoms with Crippen LogP contribution in [0.4, 0.5) is 0 Å². The Balaban J connectivity index is 0.00000280. The second kappa shape index (κ2) is 10.8. The Morgan fingerprint density at radius 3 is 2.29 bits per heavy atom. The van der Waals surface area contributed by atoms with Crippen molar-refractivity contribution in [3.8, 4) is 0 Å². The Hall–Kier alpha value is -2.37. The van der Waals surface area contributed by atoms with Crippen LogP contribution in [0.15, 0.2) is 60.7 Å². The first-order valence-corrected chi connectivity index (χ1v) is 9.55. The SMILES string of the molecule is Cl.NC[C@@H]1CN(C(=O)CCCNC(=O)c2ccccc2)C[C@H]1c1ccccc1. The fraction of sp³-hybridized carbons (Fsp3) is 0.364. The van der Waals surface area contributed by atoms with Crippen molar-refractivity contribution >= 4 is 24.2 Å². The average molecular weight is 402 g/mol. The summed E-state index contributed by atoms with van der Waals surface area (Å²) in [5.41, 5.74) is 7.84. The molecule has 0 bridgehead atoms. The molecule has 0 saturated carbocycles. The Morgan fingerprint density at radius 2 is 1.64 bits per heavy atom. The van der Waals surface area contributed by atoms with Crippen LogP contribution in [0.25, 0.3) is 0 Å². The topological polar surface area (TPSA) is 75.4 Å². The lowest BCUT2D eigenvalue weighted by atomic mass is 9.89. The molecule has 0 aliphatic carbocycles. The summed E-state index contributed by atoms with van der Waals surface area (Å²) in [7, 11) is 0. The zero-order valence-corrected chi connectivity index (χ0v) is 16.7. The molecule has 1 heterocycles. The number of carbonyl (C=O) groups excluding carboxylic acids is 2. The fourth-order valence-electron chi connectivity index (χ4n) is 3.68. The summed E-state index contributed by atoms with van der Waals surface area (Å²) in [6, 6.07) is 19.4. The minimum atomic E-state index is -0.100. The van der Waals surface area contributed by atoms with Crippen LogP contribution in [0, 0.1) is 5.92 Å². The Labute approximate surface area is 172 Å². The molecule has 150 valence electrons. The van der Waals surface area contributed by atoms with Gasteiger partial charge in [0.05, 0.1) is 0 Å². The second-order valence-corrected chi connectivity index (χ2v) is 7.04. The van der Waals surface area contributed by atoms with E-state index in [0.717, 1.165) is 6.54 Å². The molecule has 1 fully saturated rings. The molecule has 2 atom stereocenters.